The molecule has 0 unspecified atom stereocenters. The monoisotopic (exact) mass is 362 g/mol. The van der Waals surface area contributed by atoms with Crippen LogP contribution >= 0.6 is 0 Å². The maximum Gasteiger partial charge on any atom is 0.243 e. The molecule has 0 bridgehead atoms. The summed E-state index contributed by atoms with van der Waals surface area (Å²) < 4.78 is 41.6. The fourth-order valence-corrected chi connectivity index (χ4v) is 5.41. The first-order valence-electron chi connectivity index (χ1n) is 8.38. The maximum absolute atomic E-state index is 13.9. The number of aryl methyl sites for hydroxylation is 3. The number of piperazine rings is 1. The Kier molecular flexibility index (Phi) is 4.84. The summed E-state index contributed by atoms with van der Waals surface area (Å²) in [5.41, 5.74) is 3.13. The van der Waals surface area contributed by atoms with Crippen molar-refractivity contribution in [2.45, 2.75) is 25.7 Å². The van der Waals surface area contributed by atoms with Crippen molar-refractivity contribution in [3.63, 3.8) is 0 Å². The molecule has 0 atom stereocenters. The molecular weight excluding hydrogens is 339 g/mol. The van der Waals surface area contributed by atoms with E-state index in [0.717, 1.165) is 16.7 Å². The van der Waals surface area contributed by atoms with Crippen molar-refractivity contribution in [1.82, 2.24) is 4.31 Å². The van der Waals surface area contributed by atoms with Gasteiger partial charge in [0, 0.05) is 26.2 Å². The third kappa shape index (κ3) is 3.41. The average Bonchev–Trinajstić information content (AvgIpc) is 2.54. The molecule has 1 fully saturated rings. The Labute approximate surface area is 148 Å². The number of nitrogens with zero attached hydrogens (tertiary/aromatic N) is 2. The molecule has 25 heavy (non-hydrogen) atoms. The van der Waals surface area contributed by atoms with Gasteiger partial charge in [0.25, 0.3) is 0 Å². The summed E-state index contributed by atoms with van der Waals surface area (Å²) in [6, 6.07) is 10.4. The maximum atomic E-state index is 13.9. The number of para-hydroxylation sites is 1. The summed E-state index contributed by atoms with van der Waals surface area (Å²) in [7, 11) is -3.54. The van der Waals surface area contributed by atoms with Crippen LogP contribution in [0.3, 0.4) is 0 Å². The molecule has 0 radical (unpaired) electrons. The Balaban J connectivity index is 1.82. The number of halogens is 1. The van der Waals surface area contributed by atoms with Crippen LogP contribution in [0.4, 0.5) is 10.1 Å². The Hall–Kier alpha value is -1.92. The standard InChI is InChI=1S/C19H23FN2O2S/c1-14-12-15(2)19(16(3)13-14)25(23,24)22-10-8-21(9-11-22)18-7-5-4-6-17(18)20/h4-7,12-13H,8-11H2,1-3H3. The van der Waals surface area contributed by atoms with Gasteiger partial charge in [-0.3, -0.25) is 0 Å². The molecule has 1 saturated heterocycles. The van der Waals surface area contributed by atoms with Crippen molar-refractivity contribution >= 4 is 15.7 Å². The predicted molar refractivity (Wildman–Crippen MR) is 98.0 cm³/mol. The summed E-state index contributed by atoms with van der Waals surface area (Å²) in [5, 5.41) is 0. The Bertz CT molecular complexity index is 865. The van der Waals surface area contributed by atoms with Gasteiger partial charge in [-0.1, -0.05) is 29.8 Å². The van der Waals surface area contributed by atoms with E-state index < -0.39 is 10.0 Å². The zero-order valence-electron chi connectivity index (χ0n) is 14.8. The van der Waals surface area contributed by atoms with E-state index in [9.17, 15) is 12.8 Å². The van der Waals surface area contributed by atoms with Gasteiger partial charge in [-0.05, 0) is 44.0 Å². The highest BCUT2D eigenvalue weighted by molar-refractivity contribution is 7.89. The summed E-state index contributed by atoms with van der Waals surface area (Å²) >= 11 is 0. The smallest absolute Gasteiger partial charge is 0.243 e. The zero-order valence-corrected chi connectivity index (χ0v) is 15.6. The van der Waals surface area contributed by atoms with E-state index in [2.05, 4.69) is 0 Å². The van der Waals surface area contributed by atoms with Crippen molar-refractivity contribution in [3.05, 3.63) is 58.9 Å². The van der Waals surface area contributed by atoms with Gasteiger partial charge < -0.3 is 4.90 Å². The number of benzene rings is 2. The minimum Gasteiger partial charge on any atom is -0.367 e. The molecule has 3 rings (SSSR count). The molecule has 2 aromatic rings. The third-order valence-corrected chi connectivity index (χ3v) is 6.84. The molecule has 0 spiro atoms. The summed E-state index contributed by atoms with van der Waals surface area (Å²) in [6.45, 7) is 7.29. The minimum atomic E-state index is -3.54. The second-order valence-electron chi connectivity index (χ2n) is 6.57. The second-order valence-corrected chi connectivity index (χ2v) is 8.45. The van der Waals surface area contributed by atoms with Gasteiger partial charge in [0.15, 0.2) is 0 Å². The van der Waals surface area contributed by atoms with Gasteiger partial charge in [0.2, 0.25) is 10.0 Å². The first kappa shape index (κ1) is 17.9. The Morgan fingerprint density at radius 3 is 2.04 bits per heavy atom. The third-order valence-electron chi connectivity index (χ3n) is 4.63. The van der Waals surface area contributed by atoms with Gasteiger partial charge in [-0.25, -0.2) is 12.8 Å². The highest BCUT2D eigenvalue weighted by atomic mass is 32.2. The van der Waals surface area contributed by atoms with Gasteiger partial charge in [0.1, 0.15) is 5.82 Å². The lowest BCUT2D eigenvalue weighted by Crippen LogP contribution is -2.49. The van der Waals surface area contributed by atoms with Crippen LogP contribution in [0.5, 0.6) is 0 Å². The lowest BCUT2D eigenvalue weighted by molar-refractivity contribution is 0.382. The number of anilines is 1. The quantitative estimate of drug-likeness (QED) is 0.841. The number of sulfonamides is 1. The molecule has 0 aliphatic carbocycles. The lowest BCUT2D eigenvalue weighted by Gasteiger charge is -2.36. The zero-order chi connectivity index (χ0) is 18.2. The molecule has 0 amide bonds. The van der Waals surface area contributed by atoms with E-state index in [1.165, 1.54) is 10.4 Å². The molecule has 2 aromatic carbocycles. The minimum absolute atomic E-state index is 0.274. The van der Waals surface area contributed by atoms with Crippen molar-refractivity contribution < 1.29 is 12.8 Å². The molecule has 0 N–H and O–H groups in total. The van der Waals surface area contributed by atoms with Crippen LogP contribution in [0.25, 0.3) is 0 Å². The lowest BCUT2D eigenvalue weighted by atomic mass is 10.1. The summed E-state index contributed by atoms with van der Waals surface area (Å²) in [4.78, 5) is 2.30. The van der Waals surface area contributed by atoms with Crippen molar-refractivity contribution in [2.24, 2.45) is 0 Å². The van der Waals surface area contributed by atoms with Crippen LogP contribution in [0.15, 0.2) is 41.3 Å². The highest BCUT2D eigenvalue weighted by Gasteiger charge is 2.31. The van der Waals surface area contributed by atoms with Crippen LogP contribution in [0, 0.1) is 26.6 Å². The van der Waals surface area contributed by atoms with Gasteiger partial charge in [-0.2, -0.15) is 4.31 Å². The van der Waals surface area contributed by atoms with E-state index in [4.69, 9.17) is 0 Å². The molecule has 134 valence electrons. The second kappa shape index (κ2) is 6.77. The van der Waals surface area contributed by atoms with Crippen molar-refractivity contribution in [3.8, 4) is 0 Å². The van der Waals surface area contributed by atoms with Crippen molar-refractivity contribution in [1.29, 1.82) is 0 Å². The van der Waals surface area contributed by atoms with E-state index in [1.807, 2.05) is 37.8 Å². The summed E-state index contributed by atoms with van der Waals surface area (Å²) in [6.07, 6.45) is 0. The van der Waals surface area contributed by atoms with Gasteiger partial charge in [-0.15, -0.1) is 0 Å². The van der Waals surface area contributed by atoms with E-state index >= 15 is 0 Å². The van der Waals surface area contributed by atoms with Gasteiger partial charge >= 0.3 is 0 Å². The molecule has 6 heteroatoms. The van der Waals surface area contributed by atoms with Crippen LogP contribution in [-0.2, 0) is 10.0 Å². The molecular formula is C19H23FN2O2S. The van der Waals surface area contributed by atoms with Crippen LogP contribution in [0.2, 0.25) is 0 Å². The van der Waals surface area contributed by atoms with E-state index in [1.54, 1.807) is 18.2 Å². The molecule has 1 heterocycles. The first-order chi connectivity index (χ1) is 11.8. The van der Waals surface area contributed by atoms with E-state index in [0.29, 0.717) is 36.8 Å². The highest BCUT2D eigenvalue weighted by Crippen LogP contribution is 2.27. The SMILES string of the molecule is Cc1cc(C)c(S(=O)(=O)N2CCN(c3ccccc3F)CC2)c(C)c1. The molecule has 1 aliphatic heterocycles. The topological polar surface area (TPSA) is 40.6 Å². The molecule has 4 nitrogen and oxygen atoms in total. The average molecular weight is 362 g/mol. The normalized spacial score (nSPS) is 16.2. The van der Waals surface area contributed by atoms with Gasteiger partial charge in [0.05, 0.1) is 10.6 Å². The number of hydrogen-bond acceptors (Lipinski definition) is 3. The fraction of sp³-hybridized carbons (Fsp3) is 0.368. The molecule has 0 aromatic heterocycles. The van der Waals surface area contributed by atoms with Crippen LogP contribution < -0.4 is 4.90 Å². The van der Waals surface area contributed by atoms with E-state index in [-0.39, 0.29) is 5.82 Å². The van der Waals surface area contributed by atoms with Crippen LogP contribution in [-0.4, -0.2) is 38.9 Å². The largest absolute Gasteiger partial charge is 0.367 e. The summed E-state index contributed by atoms with van der Waals surface area (Å²) in [5.74, 6) is -0.274. The molecule has 1 aliphatic rings. The molecule has 0 saturated carbocycles. The Morgan fingerprint density at radius 1 is 0.920 bits per heavy atom. The number of hydrogen-bond donors (Lipinski definition) is 0. The predicted octanol–water partition coefficient (Wildman–Crippen LogP) is 3.26. The fourth-order valence-electron chi connectivity index (χ4n) is 3.58. The van der Waals surface area contributed by atoms with Crippen molar-refractivity contribution in [2.75, 3.05) is 31.1 Å². The number of rotatable bonds is 3. The van der Waals surface area contributed by atoms with Crippen LogP contribution in [0.1, 0.15) is 16.7 Å². The Morgan fingerprint density at radius 2 is 1.48 bits per heavy atom. The first-order valence-corrected chi connectivity index (χ1v) is 9.82.